The van der Waals surface area contributed by atoms with Crippen LogP contribution < -0.4 is 0 Å². The second kappa shape index (κ2) is 24.4. The summed E-state index contributed by atoms with van der Waals surface area (Å²) in [5.74, 6) is -0.211. The Labute approximate surface area is 108 Å². The molecule has 0 bridgehead atoms. The Kier molecular flexibility index (Phi) is 29.0. The Hall–Kier alpha value is -1.88. The summed E-state index contributed by atoms with van der Waals surface area (Å²) in [6.45, 7) is 5.33. The van der Waals surface area contributed by atoms with Crippen LogP contribution in [0, 0.1) is 0 Å². The Bertz CT molecular complexity index is 222. The summed E-state index contributed by atoms with van der Waals surface area (Å²) in [5.41, 5.74) is 0. The number of benzene rings is 1. The van der Waals surface area contributed by atoms with Crippen molar-refractivity contribution in [1.82, 2.24) is 0 Å². The first-order valence-corrected chi connectivity index (χ1v) is 5.42. The standard InChI is InChI=1S/C6H6.C4H8O2.C2H6O.CH2O2/c1-2-4-6-5-3-1;1-3-6-4(2)5;1-2-3;2-1-3/h1-6H;3H2,1-2H3;3H,2H2,1H3;1H,(H,2,3). The molecule has 0 aromatic heterocycles. The summed E-state index contributed by atoms with van der Waals surface area (Å²) < 4.78 is 4.40. The van der Waals surface area contributed by atoms with Crippen LogP contribution in [0.2, 0.25) is 0 Å². The first-order chi connectivity index (χ1) is 8.60. The molecule has 0 fully saturated rings. The zero-order valence-corrected chi connectivity index (χ0v) is 11.1. The van der Waals surface area contributed by atoms with E-state index in [1.807, 2.05) is 36.4 Å². The zero-order chi connectivity index (χ0) is 14.6. The lowest BCUT2D eigenvalue weighted by atomic mass is 10.4. The highest BCUT2D eigenvalue weighted by atomic mass is 16.5. The topological polar surface area (TPSA) is 83.8 Å². The van der Waals surface area contributed by atoms with Crippen molar-refractivity contribution in [3.63, 3.8) is 0 Å². The summed E-state index contributed by atoms with van der Waals surface area (Å²) in [6.07, 6.45) is 0. The van der Waals surface area contributed by atoms with E-state index in [0.29, 0.717) is 6.61 Å². The van der Waals surface area contributed by atoms with E-state index in [0.717, 1.165) is 0 Å². The van der Waals surface area contributed by atoms with Gasteiger partial charge < -0.3 is 14.9 Å². The smallest absolute Gasteiger partial charge is 0.302 e. The lowest BCUT2D eigenvalue weighted by Crippen LogP contribution is -1.95. The van der Waals surface area contributed by atoms with Crippen molar-refractivity contribution in [2.45, 2.75) is 20.8 Å². The van der Waals surface area contributed by atoms with E-state index >= 15 is 0 Å². The molecule has 0 amide bonds. The first-order valence-electron chi connectivity index (χ1n) is 5.42. The van der Waals surface area contributed by atoms with Crippen molar-refractivity contribution in [2.24, 2.45) is 0 Å². The molecule has 0 saturated heterocycles. The minimum atomic E-state index is -0.250. The highest BCUT2D eigenvalue weighted by Gasteiger charge is 1.81. The van der Waals surface area contributed by atoms with Crippen LogP contribution in [0.25, 0.3) is 0 Å². The second-order valence-electron chi connectivity index (χ2n) is 2.50. The third-order valence-corrected chi connectivity index (χ3v) is 1.01. The molecule has 1 rings (SSSR count). The summed E-state index contributed by atoms with van der Waals surface area (Å²) in [7, 11) is 0. The largest absolute Gasteiger partial charge is 0.483 e. The van der Waals surface area contributed by atoms with Gasteiger partial charge in [0.2, 0.25) is 0 Å². The van der Waals surface area contributed by atoms with Gasteiger partial charge in [-0.05, 0) is 13.8 Å². The Balaban J connectivity index is -0.000000177. The number of carbonyl (C=O) groups is 2. The van der Waals surface area contributed by atoms with Gasteiger partial charge in [0.1, 0.15) is 0 Å². The third kappa shape index (κ3) is 47.9. The summed E-state index contributed by atoms with van der Waals surface area (Å²) in [4.78, 5) is 18.2. The van der Waals surface area contributed by atoms with Gasteiger partial charge in [-0.1, -0.05) is 36.4 Å². The normalized spacial score (nSPS) is 6.89. The van der Waals surface area contributed by atoms with Gasteiger partial charge in [-0.2, -0.15) is 0 Å². The van der Waals surface area contributed by atoms with E-state index in [4.69, 9.17) is 15.0 Å². The van der Waals surface area contributed by atoms with Crippen molar-refractivity contribution in [3.8, 4) is 0 Å². The quantitative estimate of drug-likeness (QED) is 0.594. The van der Waals surface area contributed by atoms with Gasteiger partial charge >= 0.3 is 5.97 Å². The summed E-state index contributed by atoms with van der Waals surface area (Å²) >= 11 is 0. The van der Waals surface area contributed by atoms with Crippen LogP contribution >= 0.6 is 0 Å². The van der Waals surface area contributed by atoms with E-state index in [1.165, 1.54) is 6.92 Å². The Morgan fingerprint density at radius 2 is 1.33 bits per heavy atom. The monoisotopic (exact) mass is 258 g/mol. The molecule has 2 N–H and O–H groups in total. The fraction of sp³-hybridized carbons (Fsp3) is 0.385. The average molecular weight is 258 g/mol. The molecule has 0 heterocycles. The molecule has 0 radical (unpaired) electrons. The molecule has 5 nitrogen and oxygen atoms in total. The van der Waals surface area contributed by atoms with E-state index in [2.05, 4.69) is 4.74 Å². The molecule has 0 aliphatic rings. The van der Waals surface area contributed by atoms with E-state index in [-0.39, 0.29) is 19.0 Å². The molecule has 18 heavy (non-hydrogen) atoms. The number of ether oxygens (including phenoxy) is 1. The maximum absolute atomic E-state index is 9.82. The van der Waals surface area contributed by atoms with Crippen LogP contribution in [0.15, 0.2) is 36.4 Å². The maximum Gasteiger partial charge on any atom is 0.302 e. The van der Waals surface area contributed by atoms with E-state index < -0.39 is 0 Å². The fourth-order valence-corrected chi connectivity index (χ4v) is 0.588. The van der Waals surface area contributed by atoms with Crippen LogP contribution in [0.1, 0.15) is 20.8 Å². The molecule has 0 saturated carbocycles. The second-order valence-corrected chi connectivity index (χ2v) is 2.50. The molecule has 0 aliphatic carbocycles. The Morgan fingerprint density at radius 1 is 1.11 bits per heavy atom. The minimum absolute atomic E-state index is 0.211. The lowest BCUT2D eigenvalue weighted by Gasteiger charge is -1.89. The predicted molar refractivity (Wildman–Crippen MR) is 70.2 cm³/mol. The number of rotatable bonds is 1. The number of aliphatic hydroxyl groups is 1. The zero-order valence-electron chi connectivity index (χ0n) is 11.1. The van der Waals surface area contributed by atoms with Crippen molar-refractivity contribution in [1.29, 1.82) is 0 Å². The predicted octanol–water partition coefficient (Wildman–Crippen LogP) is 1.96. The minimum Gasteiger partial charge on any atom is -0.483 e. The Morgan fingerprint density at radius 3 is 1.39 bits per heavy atom. The molecule has 0 atom stereocenters. The van der Waals surface area contributed by atoms with Gasteiger partial charge in [0.25, 0.3) is 6.47 Å². The van der Waals surface area contributed by atoms with Gasteiger partial charge in [0.05, 0.1) is 6.61 Å². The fourth-order valence-electron chi connectivity index (χ4n) is 0.588. The first kappa shape index (κ1) is 21.4. The molecular formula is C13H22O5. The van der Waals surface area contributed by atoms with E-state index in [9.17, 15) is 4.79 Å². The number of esters is 1. The highest BCUT2D eigenvalue weighted by Crippen LogP contribution is 1.79. The summed E-state index contributed by atoms with van der Waals surface area (Å²) in [5, 5.41) is 14.5. The van der Waals surface area contributed by atoms with Crippen molar-refractivity contribution in [3.05, 3.63) is 36.4 Å². The molecule has 0 aliphatic heterocycles. The molecule has 104 valence electrons. The summed E-state index contributed by atoms with van der Waals surface area (Å²) in [6, 6.07) is 12.0. The SMILES string of the molecule is CCO.CCOC(C)=O.O=CO.c1ccccc1. The van der Waals surface area contributed by atoms with Crippen LogP contribution in [0.4, 0.5) is 0 Å². The molecule has 1 aromatic rings. The van der Waals surface area contributed by atoms with Crippen LogP contribution in [0.5, 0.6) is 0 Å². The number of aliphatic hydroxyl groups excluding tert-OH is 1. The molecule has 0 spiro atoms. The molecule has 5 heteroatoms. The van der Waals surface area contributed by atoms with Crippen LogP contribution in [0.3, 0.4) is 0 Å². The number of carbonyl (C=O) groups excluding carboxylic acids is 1. The molecular weight excluding hydrogens is 236 g/mol. The van der Waals surface area contributed by atoms with Crippen molar-refractivity contribution >= 4 is 12.4 Å². The number of hydrogen-bond donors (Lipinski definition) is 2. The lowest BCUT2D eigenvalue weighted by molar-refractivity contribution is -0.140. The van der Waals surface area contributed by atoms with Crippen molar-refractivity contribution < 1.29 is 24.5 Å². The van der Waals surface area contributed by atoms with Gasteiger partial charge in [-0.15, -0.1) is 0 Å². The number of hydrogen-bond acceptors (Lipinski definition) is 4. The number of carboxylic acid groups (broad SMARTS) is 1. The van der Waals surface area contributed by atoms with Crippen molar-refractivity contribution in [2.75, 3.05) is 13.2 Å². The van der Waals surface area contributed by atoms with Gasteiger partial charge in [-0.3, -0.25) is 9.59 Å². The molecule has 0 unspecified atom stereocenters. The highest BCUT2D eigenvalue weighted by molar-refractivity contribution is 5.65. The van der Waals surface area contributed by atoms with Crippen LogP contribution in [-0.4, -0.2) is 35.9 Å². The van der Waals surface area contributed by atoms with Gasteiger partial charge in [0, 0.05) is 13.5 Å². The van der Waals surface area contributed by atoms with Crippen LogP contribution in [-0.2, 0) is 14.3 Å². The van der Waals surface area contributed by atoms with E-state index in [1.54, 1.807) is 13.8 Å². The third-order valence-electron chi connectivity index (χ3n) is 1.01. The average Bonchev–Trinajstić information content (AvgIpc) is 2.34. The maximum atomic E-state index is 9.82. The van der Waals surface area contributed by atoms with Gasteiger partial charge in [0.15, 0.2) is 0 Å². The molecule has 1 aromatic carbocycles. The van der Waals surface area contributed by atoms with Gasteiger partial charge in [-0.25, -0.2) is 0 Å².